The van der Waals surface area contributed by atoms with Gasteiger partial charge >= 0.3 is 0 Å². The Labute approximate surface area is 236 Å². The van der Waals surface area contributed by atoms with Crippen molar-refractivity contribution < 1.29 is 9.53 Å². The number of aryl methyl sites for hydroxylation is 3. The molecule has 0 spiro atoms. The maximum absolute atomic E-state index is 12.6. The fourth-order valence-electron chi connectivity index (χ4n) is 4.97. The molecule has 1 amide bonds. The predicted molar refractivity (Wildman–Crippen MR) is 163 cm³/mol. The Morgan fingerprint density at radius 1 is 0.800 bits per heavy atom. The summed E-state index contributed by atoms with van der Waals surface area (Å²) in [7, 11) is 0. The molecule has 0 unspecified atom stereocenters. The van der Waals surface area contributed by atoms with Crippen LogP contribution in [0.3, 0.4) is 0 Å². The van der Waals surface area contributed by atoms with Crippen LogP contribution < -0.4 is 10.1 Å². The van der Waals surface area contributed by atoms with Crippen molar-refractivity contribution in [1.82, 2.24) is 14.9 Å². The van der Waals surface area contributed by atoms with E-state index >= 15 is 0 Å². The highest BCUT2D eigenvalue weighted by atomic mass is 16.5. The van der Waals surface area contributed by atoms with E-state index in [2.05, 4.69) is 71.4 Å². The first-order valence-electron chi connectivity index (χ1n) is 14.3. The highest BCUT2D eigenvalue weighted by Crippen LogP contribution is 2.20. The highest BCUT2D eigenvalue weighted by molar-refractivity contribution is 5.79. The first-order chi connectivity index (χ1) is 19.7. The van der Waals surface area contributed by atoms with Gasteiger partial charge in [0.15, 0.2) is 0 Å². The van der Waals surface area contributed by atoms with E-state index in [4.69, 9.17) is 9.72 Å². The van der Waals surface area contributed by atoms with Gasteiger partial charge in [0.1, 0.15) is 11.6 Å². The fraction of sp³-hybridized carbons (Fsp3) is 0.257. The Balaban J connectivity index is 1.09. The average Bonchev–Trinajstić information content (AvgIpc) is 3.36. The average molecular weight is 532 g/mol. The monoisotopic (exact) mass is 531 g/mol. The summed E-state index contributed by atoms with van der Waals surface area (Å²) in [5, 5.41) is 3.08. The molecular weight excluding hydrogens is 494 g/mol. The minimum absolute atomic E-state index is 0.0464. The smallest absolute Gasteiger partial charge is 0.224 e. The van der Waals surface area contributed by atoms with Crippen LogP contribution in [0.1, 0.15) is 36.7 Å². The normalized spacial score (nSPS) is 11.0. The molecule has 1 N–H and O–H groups in total. The standard InChI is InChI=1S/C35H37N3O2/c1-2-27-17-21-31(22-18-27)40-25-9-24-38-33-13-7-6-12-32(33)37-34(38)14-8-23-36-35(39)26-28-15-19-30(20-16-28)29-10-4-3-5-11-29/h3-7,10-13,15-22H,2,8-9,14,23-26H2,1H3,(H,36,39). The predicted octanol–water partition coefficient (Wildman–Crippen LogP) is 7.03. The van der Waals surface area contributed by atoms with Gasteiger partial charge in [-0.05, 0) is 65.8 Å². The number of fused-ring (bicyclic) bond motifs is 1. The van der Waals surface area contributed by atoms with Gasteiger partial charge in [-0.3, -0.25) is 4.79 Å². The molecule has 0 aliphatic rings. The molecule has 204 valence electrons. The van der Waals surface area contributed by atoms with Crippen molar-refractivity contribution in [2.45, 2.75) is 45.6 Å². The molecule has 0 bridgehead atoms. The molecule has 5 heteroatoms. The van der Waals surface area contributed by atoms with Crippen LogP contribution in [0, 0.1) is 0 Å². The zero-order valence-corrected chi connectivity index (χ0v) is 23.2. The topological polar surface area (TPSA) is 56.1 Å². The number of para-hydroxylation sites is 2. The highest BCUT2D eigenvalue weighted by Gasteiger charge is 2.11. The van der Waals surface area contributed by atoms with E-state index in [1.807, 2.05) is 48.5 Å². The molecule has 0 fully saturated rings. The molecule has 5 aromatic rings. The van der Waals surface area contributed by atoms with E-state index < -0.39 is 0 Å². The molecule has 0 atom stereocenters. The Morgan fingerprint density at radius 2 is 1.50 bits per heavy atom. The van der Waals surface area contributed by atoms with Crippen LogP contribution in [0.25, 0.3) is 22.2 Å². The third kappa shape index (κ3) is 7.17. The molecular formula is C35H37N3O2. The number of rotatable bonds is 13. The van der Waals surface area contributed by atoms with Crippen molar-refractivity contribution in [3.8, 4) is 16.9 Å². The number of ether oxygens (including phenoxy) is 1. The third-order valence-electron chi connectivity index (χ3n) is 7.19. The minimum Gasteiger partial charge on any atom is -0.494 e. The van der Waals surface area contributed by atoms with Gasteiger partial charge in [-0.25, -0.2) is 4.98 Å². The van der Waals surface area contributed by atoms with E-state index in [-0.39, 0.29) is 5.91 Å². The Hall–Kier alpha value is -4.38. The number of hydrogen-bond donors (Lipinski definition) is 1. The second-order valence-corrected chi connectivity index (χ2v) is 10.1. The minimum atomic E-state index is 0.0464. The number of nitrogens with one attached hydrogen (secondary N) is 1. The second kappa shape index (κ2) is 13.6. The number of nitrogens with zero attached hydrogens (tertiary/aromatic N) is 2. The summed E-state index contributed by atoms with van der Waals surface area (Å²) >= 11 is 0. The number of carbonyl (C=O) groups is 1. The molecule has 0 radical (unpaired) electrons. The van der Waals surface area contributed by atoms with Crippen LogP contribution in [-0.4, -0.2) is 28.6 Å². The largest absolute Gasteiger partial charge is 0.494 e. The van der Waals surface area contributed by atoms with Crippen LogP contribution in [-0.2, 0) is 30.6 Å². The number of benzene rings is 4. The van der Waals surface area contributed by atoms with E-state index in [1.54, 1.807) is 0 Å². The summed E-state index contributed by atoms with van der Waals surface area (Å²) in [6.07, 6.45) is 3.95. The molecule has 40 heavy (non-hydrogen) atoms. The number of carbonyl (C=O) groups excluding carboxylic acids is 1. The SMILES string of the molecule is CCc1ccc(OCCCn2c(CCCNC(=O)Cc3ccc(-c4ccccc4)cc3)nc3ccccc32)cc1. The van der Waals surface area contributed by atoms with Gasteiger partial charge in [-0.15, -0.1) is 0 Å². The van der Waals surface area contributed by atoms with Gasteiger partial charge in [-0.1, -0.05) is 85.8 Å². The van der Waals surface area contributed by atoms with E-state index in [0.29, 0.717) is 19.6 Å². The lowest BCUT2D eigenvalue weighted by molar-refractivity contribution is -0.120. The Bertz CT molecular complexity index is 1510. The first kappa shape index (κ1) is 27.2. The van der Waals surface area contributed by atoms with E-state index in [0.717, 1.165) is 66.0 Å². The number of amides is 1. The maximum Gasteiger partial charge on any atom is 0.224 e. The Morgan fingerprint density at radius 3 is 2.27 bits per heavy atom. The summed E-state index contributed by atoms with van der Waals surface area (Å²) in [5.74, 6) is 2.01. The lowest BCUT2D eigenvalue weighted by atomic mass is 10.0. The maximum atomic E-state index is 12.6. The van der Waals surface area contributed by atoms with Crippen LogP contribution in [0.15, 0.2) is 103 Å². The quantitative estimate of drug-likeness (QED) is 0.166. The lowest BCUT2D eigenvalue weighted by Crippen LogP contribution is -2.26. The summed E-state index contributed by atoms with van der Waals surface area (Å²) in [6.45, 7) is 4.28. The third-order valence-corrected chi connectivity index (χ3v) is 7.19. The van der Waals surface area contributed by atoms with Gasteiger partial charge < -0.3 is 14.6 Å². The molecule has 1 aromatic heterocycles. The van der Waals surface area contributed by atoms with Crippen LogP contribution in [0.4, 0.5) is 0 Å². The fourth-order valence-corrected chi connectivity index (χ4v) is 4.97. The Kier molecular flexibility index (Phi) is 9.25. The number of imidazole rings is 1. The van der Waals surface area contributed by atoms with Gasteiger partial charge in [0.05, 0.1) is 24.1 Å². The first-order valence-corrected chi connectivity index (χ1v) is 14.3. The van der Waals surface area contributed by atoms with Crippen molar-refractivity contribution in [1.29, 1.82) is 0 Å². The van der Waals surface area contributed by atoms with Crippen LogP contribution in [0.5, 0.6) is 5.75 Å². The molecule has 1 heterocycles. The van der Waals surface area contributed by atoms with Gasteiger partial charge in [0.25, 0.3) is 0 Å². The molecule has 4 aromatic carbocycles. The zero-order valence-electron chi connectivity index (χ0n) is 23.2. The number of aromatic nitrogens is 2. The molecule has 5 rings (SSSR count). The van der Waals surface area contributed by atoms with Gasteiger partial charge in [0, 0.05) is 19.5 Å². The molecule has 0 aliphatic carbocycles. The van der Waals surface area contributed by atoms with Crippen LogP contribution >= 0.6 is 0 Å². The van der Waals surface area contributed by atoms with E-state index in [1.165, 1.54) is 11.1 Å². The lowest BCUT2D eigenvalue weighted by Gasteiger charge is -2.11. The van der Waals surface area contributed by atoms with Gasteiger partial charge in [-0.2, -0.15) is 0 Å². The molecule has 0 saturated heterocycles. The summed E-state index contributed by atoms with van der Waals surface area (Å²) in [4.78, 5) is 17.5. The summed E-state index contributed by atoms with van der Waals surface area (Å²) in [6, 6.07) is 35.1. The zero-order chi connectivity index (χ0) is 27.6. The van der Waals surface area contributed by atoms with Crippen molar-refractivity contribution in [3.05, 3.63) is 120 Å². The molecule has 5 nitrogen and oxygen atoms in total. The summed E-state index contributed by atoms with van der Waals surface area (Å²) in [5.41, 5.74) is 6.82. The van der Waals surface area contributed by atoms with Crippen LogP contribution in [0.2, 0.25) is 0 Å². The van der Waals surface area contributed by atoms with Crippen molar-refractivity contribution in [2.75, 3.05) is 13.2 Å². The van der Waals surface area contributed by atoms with Crippen molar-refractivity contribution >= 4 is 16.9 Å². The summed E-state index contributed by atoms with van der Waals surface area (Å²) < 4.78 is 8.28. The van der Waals surface area contributed by atoms with Gasteiger partial charge in [0.2, 0.25) is 5.91 Å². The molecule has 0 saturated carbocycles. The van der Waals surface area contributed by atoms with E-state index in [9.17, 15) is 4.79 Å². The number of hydrogen-bond acceptors (Lipinski definition) is 3. The second-order valence-electron chi connectivity index (χ2n) is 10.1. The molecule has 0 aliphatic heterocycles. The van der Waals surface area contributed by atoms with Crippen molar-refractivity contribution in [3.63, 3.8) is 0 Å². The van der Waals surface area contributed by atoms with Crippen molar-refractivity contribution in [2.24, 2.45) is 0 Å².